The van der Waals surface area contributed by atoms with Crippen LogP contribution in [0.25, 0.3) is 0 Å². The van der Waals surface area contributed by atoms with E-state index in [9.17, 15) is 0 Å². The highest BCUT2D eigenvalue weighted by molar-refractivity contribution is 5.12. The number of hydrogen-bond donors (Lipinski definition) is 0. The monoisotopic (exact) mass is 311 g/mol. The predicted molar refractivity (Wildman–Crippen MR) is 98.8 cm³/mol. The lowest BCUT2D eigenvalue weighted by Gasteiger charge is -2.28. The summed E-state index contributed by atoms with van der Waals surface area (Å²) in [6.45, 7) is 2.32. The average molecular weight is 312 g/mol. The zero-order chi connectivity index (χ0) is 16.3. The first kappa shape index (κ1) is 18.1. The highest BCUT2D eigenvalue weighted by Crippen LogP contribution is 2.34. The minimum atomic E-state index is 0.715. The van der Waals surface area contributed by atoms with E-state index in [-0.39, 0.29) is 0 Å². The third-order valence-corrected chi connectivity index (χ3v) is 5.73. The fourth-order valence-corrected chi connectivity index (χ4v) is 4.24. The van der Waals surface area contributed by atoms with Crippen molar-refractivity contribution in [2.75, 3.05) is 0 Å². The molecule has 0 aromatic heterocycles. The lowest BCUT2D eigenvalue weighted by molar-refractivity contribution is 0.292. The van der Waals surface area contributed by atoms with Crippen LogP contribution in [0.3, 0.4) is 0 Å². The molecular weight excluding hydrogens is 278 g/mol. The van der Waals surface area contributed by atoms with Gasteiger partial charge >= 0.3 is 0 Å². The van der Waals surface area contributed by atoms with Gasteiger partial charge in [0.05, 0.1) is 6.07 Å². The van der Waals surface area contributed by atoms with Crippen molar-refractivity contribution in [1.29, 1.82) is 5.26 Å². The van der Waals surface area contributed by atoms with Crippen molar-refractivity contribution in [2.24, 2.45) is 23.7 Å². The molecule has 2 fully saturated rings. The Bertz CT molecular complexity index is 435. The van der Waals surface area contributed by atoms with Crippen LogP contribution in [-0.2, 0) is 0 Å². The van der Waals surface area contributed by atoms with Crippen molar-refractivity contribution in [3.8, 4) is 6.07 Å². The molecule has 0 radical (unpaired) electrons. The maximum atomic E-state index is 8.47. The van der Waals surface area contributed by atoms with Crippen LogP contribution in [0.4, 0.5) is 0 Å². The minimum absolute atomic E-state index is 0.715. The van der Waals surface area contributed by atoms with Gasteiger partial charge in [0.15, 0.2) is 0 Å². The summed E-state index contributed by atoms with van der Waals surface area (Å²) in [7, 11) is 0. The molecule has 0 aromatic rings. The van der Waals surface area contributed by atoms with Crippen molar-refractivity contribution in [1.82, 2.24) is 0 Å². The second-order valence-electron chi connectivity index (χ2n) is 7.50. The van der Waals surface area contributed by atoms with Gasteiger partial charge in [-0.1, -0.05) is 50.1 Å². The van der Waals surface area contributed by atoms with Crippen LogP contribution in [0.1, 0.15) is 71.1 Å². The summed E-state index contributed by atoms with van der Waals surface area (Å²) in [5.41, 5.74) is 0. The molecule has 0 N–H and O–H groups in total. The molecule has 23 heavy (non-hydrogen) atoms. The summed E-state index contributed by atoms with van der Waals surface area (Å²) < 4.78 is 0. The molecule has 2 aliphatic carbocycles. The molecule has 2 saturated carbocycles. The van der Waals surface area contributed by atoms with E-state index in [0.29, 0.717) is 5.92 Å². The number of nitriles is 1. The predicted octanol–water partition coefficient (Wildman–Crippen LogP) is 6.59. The second-order valence-corrected chi connectivity index (χ2v) is 7.50. The van der Waals surface area contributed by atoms with E-state index in [1.165, 1.54) is 64.2 Å². The summed E-state index contributed by atoms with van der Waals surface area (Å²) >= 11 is 0. The van der Waals surface area contributed by atoms with Crippen molar-refractivity contribution in [3.05, 3.63) is 36.5 Å². The topological polar surface area (TPSA) is 23.8 Å². The Morgan fingerprint density at radius 3 is 1.83 bits per heavy atom. The van der Waals surface area contributed by atoms with Gasteiger partial charge < -0.3 is 0 Å². The van der Waals surface area contributed by atoms with Crippen molar-refractivity contribution < 1.29 is 0 Å². The Morgan fingerprint density at radius 1 is 0.783 bits per heavy atom. The Balaban J connectivity index is 1.65. The first-order chi connectivity index (χ1) is 11.3. The highest BCUT2D eigenvalue weighted by Gasteiger charge is 2.20. The lowest BCUT2D eigenvalue weighted by atomic mass is 9.78. The van der Waals surface area contributed by atoms with Gasteiger partial charge in [0, 0.05) is 6.08 Å². The Labute approximate surface area is 143 Å². The Morgan fingerprint density at radius 2 is 1.30 bits per heavy atom. The number of allylic oxidation sites excluding steroid dienone is 6. The van der Waals surface area contributed by atoms with E-state index < -0.39 is 0 Å². The molecule has 0 heterocycles. The van der Waals surface area contributed by atoms with E-state index in [2.05, 4.69) is 25.2 Å². The summed E-state index contributed by atoms with van der Waals surface area (Å²) in [6, 6.07) is 2.03. The van der Waals surface area contributed by atoms with Crippen LogP contribution in [0.5, 0.6) is 0 Å². The molecular formula is C22H33N. The first-order valence-electron chi connectivity index (χ1n) is 9.73. The number of nitrogens with zero attached hydrogens (tertiary/aromatic N) is 1. The number of rotatable bonds is 6. The van der Waals surface area contributed by atoms with E-state index in [0.717, 1.165) is 17.8 Å². The molecule has 0 bridgehead atoms. The third kappa shape index (κ3) is 6.78. The molecule has 126 valence electrons. The molecule has 0 saturated heterocycles. The molecule has 1 heteroatoms. The molecule has 2 rings (SSSR count). The largest absolute Gasteiger partial charge is 0.193 e. The average Bonchev–Trinajstić information content (AvgIpc) is 2.59. The molecule has 0 unspecified atom stereocenters. The summed E-state index contributed by atoms with van der Waals surface area (Å²) in [5.74, 6) is 3.40. The van der Waals surface area contributed by atoms with Gasteiger partial charge in [-0.05, 0) is 75.0 Å². The molecule has 2 aliphatic rings. The normalized spacial score (nSPS) is 32.7. The smallest absolute Gasteiger partial charge is 0.0912 e. The van der Waals surface area contributed by atoms with Gasteiger partial charge in [0.25, 0.3) is 0 Å². The standard InChI is InChI=1S/C22H33N/c1-2-6-19-8-12-21(13-9-19)16-17-22-14-10-20(11-15-22)7-4-3-5-18-23/h3-5,7,16-17,19-22H,2,6,8-15H2,1H3/t19-,20-,21-,22-. The quantitative estimate of drug-likeness (QED) is 0.308. The SMILES string of the molecule is CCC[C@H]1CC[C@H](C=C[C@H]2CC[C@H](C=CC=CC#N)CC2)CC1. The number of hydrogen-bond acceptors (Lipinski definition) is 1. The van der Waals surface area contributed by atoms with Crippen LogP contribution in [-0.4, -0.2) is 0 Å². The maximum absolute atomic E-state index is 8.47. The molecule has 0 amide bonds. The van der Waals surface area contributed by atoms with Gasteiger partial charge in [0.1, 0.15) is 0 Å². The fourth-order valence-electron chi connectivity index (χ4n) is 4.24. The van der Waals surface area contributed by atoms with Gasteiger partial charge in [-0.15, -0.1) is 0 Å². The molecule has 0 aromatic carbocycles. The van der Waals surface area contributed by atoms with Crippen LogP contribution >= 0.6 is 0 Å². The van der Waals surface area contributed by atoms with E-state index in [1.54, 1.807) is 6.08 Å². The highest BCUT2D eigenvalue weighted by atomic mass is 14.3. The van der Waals surface area contributed by atoms with E-state index in [4.69, 9.17) is 5.26 Å². The second kappa shape index (κ2) is 10.5. The van der Waals surface area contributed by atoms with Gasteiger partial charge in [-0.2, -0.15) is 5.26 Å². The minimum Gasteiger partial charge on any atom is -0.193 e. The molecule has 0 atom stereocenters. The van der Waals surface area contributed by atoms with Crippen LogP contribution < -0.4 is 0 Å². The van der Waals surface area contributed by atoms with E-state index >= 15 is 0 Å². The van der Waals surface area contributed by atoms with Crippen LogP contribution in [0, 0.1) is 35.0 Å². The third-order valence-electron chi connectivity index (χ3n) is 5.73. The fraction of sp³-hybridized carbons (Fsp3) is 0.682. The molecule has 0 aliphatic heterocycles. The van der Waals surface area contributed by atoms with Crippen molar-refractivity contribution in [3.63, 3.8) is 0 Å². The van der Waals surface area contributed by atoms with Crippen molar-refractivity contribution in [2.45, 2.75) is 71.1 Å². The molecule has 1 nitrogen and oxygen atoms in total. The first-order valence-corrected chi connectivity index (χ1v) is 9.73. The summed E-state index contributed by atoms with van der Waals surface area (Å²) in [4.78, 5) is 0. The summed E-state index contributed by atoms with van der Waals surface area (Å²) in [6.07, 6.45) is 26.6. The lowest BCUT2D eigenvalue weighted by Crippen LogP contribution is -2.14. The molecule has 0 spiro atoms. The Kier molecular flexibility index (Phi) is 8.23. The van der Waals surface area contributed by atoms with E-state index in [1.807, 2.05) is 18.2 Å². The van der Waals surface area contributed by atoms with Gasteiger partial charge in [-0.25, -0.2) is 0 Å². The van der Waals surface area contributed by atoms with Crippen LogP contribution in [0.15, 0.2) is 36.5 Å². The zero-order valence-corrected chi connectivity index (χ0v) is 14.8. The maximum Gasteiger partial charge on any atom is 0.0912 e. The van der Waals surface area contributed by atoms with Crippen LogP contribution in [0.2, 0.25) is 0 Å². The van der Waals surface area contributed by atoms with Crippen molar-refractivity contribution >= 4 is 0 Å². The zero-order valence-electron chi connectivity index (χ0n) is 14.8. The summed E-state index contributed by atoms with van der Waals surface area (Å²) in [5, 5.41) is 8.47. The van der Waals surface area contributed by atoms with Gasteiger partial charge in [-0.3, -0.25) is 0 Å². The Hall–Kier alpha value is -1.29. The van der Waals surface area contributed by atoms with Gasteiger partial charge in [0.2, 0.25) is 0 Å².